The first-order valence-corrected chi connectivity index (χ1v) is 7.88. The Morgan fingerprint density at radius 3 is 2.68 bits per heavy atom. The topological polar surface area (TPSA) is 75.3 Å². The van der Waals surface area contributed by atoms with Crippen LogP contribution in [0.1, 0.15) is 17.5 Å². The van der Waals surface area contributed by atoms with Gasteiger partial charge in [-0.15, -0.1) is 4.36 Å². The summed E-state index contributed by atoms with van der Waals surface area (Å²) in [5, 5.41) is 8.20. The van der Waals surface area contributed by atoms with Crippen molar-refractivity contribution in [1.29, 1.82) is 5.26 Å². The number of aromatic nitrogens is 1. The molecule has 0 fully saturated rings. The molecule has 0 bridgehead atoms. The van der Waals surface area contributed by atoms with Gasteiger partial charge in [0.2, 0.25) is 6.19 Å². The van der Waals surface area contributed by atoms with Crippen LogP contribution in [0.4, 0.5) is 13.2 Å². The van der Waals surface area contributed by atoms with Gasteiger partial charge in [-0.3, -0.25) is 0 Å². The van der Waals surface area contributed by atoms with Crippen LogP contribution in [-0.4, -0.2) is 22.1 Å². The van der Waals surface area contributed by atoms with Gasteiger partial charge < -0.3 is 4.74 Å². The Bertz CT molecular complexity index is 609. The second-order valence-corrected chi connectivity index (χ2v) is 6.91. The van der Waals surface area contributed by atoms with Crippen molar-refractivity contribution in [3.8, 4) is 11.4 Å². The molecule has 1 aromatic heterocycles. The normalized spacial score (nSPS) is 14.5. The molecule has 19 heavy (non-hydrogen) atoms. The summed E-state index contributed by atoms with van der Waals surface area (Å²) in [6.45, 7) is 1.79. The predicted molar refractivity (Wildman–Crippen MR) is 64.1 cm³/mol. The molecule has 1 unspecified atom stereocenters. The van der Waals surface area contributed by atoms with Crippen molar-refractivity contribution >= 4 is 21.1 Å². The van der Waals surface area contributed by atoms with E-state index in [4.69, 9.17) is 10.00 Å². The third-order valence-corrected chi connectivity index (χ3v) is 4.29. The maximum Gasteiger partial charge on any atom is 0.434 e. The molecule has 0 radical (unpaired) electrons. The smallest absolute Gasteiger partial charge is 0.434 e. The van der Waals surface area contributed by atoms with Crippen LogP contribution in [0.15, 0.2) is 4.36 Å². The van der Waals surface area contributed by atoms with Crippen LogP contribution < -0.4 is 4.74 Å². The average Bonchev–Trinajstić information content (AvgIpc) is 2.59. The molecule has 0 aliphatic heterocycles. The summed E-state index contributed by atoms with van der Waals surface area (Å²) in [6.07, 6.45) is -2.20. The largest absolute Gasteiger partial charge is 0.470 e. The highest BCUT2D eigenvalue weighted by molar-refractivity contribution is 7.92. The van der Waals surface area contributed by atoms with Gasteiger partial charge in [0.25, 0.3) is 5.19 Å². The summed E-state index contributed by atoms with van der Waals surface area (Å²) in [5.41, 5.74) is -1.14. The van der Waals surface area contributed by atoms with Gasteiger partial charge in [0.05, 0.1) is 27.0 Å². The molecule has 1 aromatic rings. The van der Waals surface area contributed by atoms with Crippen molar-refractivity contribution in [2.45, 2.75) is 18.9 Å². The first-order chi connectivity index (χ1) is 8.69. The molecule has 0 saturated heterocycles. The molecule has 0 spiro atoms. The van der Waals surface area contributed by atoms with Crippen LogP contribution in [-0.2, 0) is 21.7 Å². The zero-order valence-electron chi connectivity index (χ0n) is 10.0. The highest BCUT2D eigenvalue weighted by Gasteiger charge is 2.38. The molecule has 10 heteroatoms. The van der Waals surface area contributed by atoms with E-state index in [9.17, 15) is 17.4 Å². The summed E-state index contributed by atoms with van der Waals surface area (Å²) in [4.78, 5) is 3.09. The van der Waals surface area contributed by atoms with Gasteiger partial charge in [-0.25, -0.2) is 4.21 Å². The SMILES string of the molecule is CCOc1nc(C(F)(F)F)c(CS(C)(=O)=NC#N)s1. The summed E-state index contributed by atoms with van der Waals surface area (Å²) in [7, 11) is -3.04. The minimum absolute atomic E-state index is 0.142. The first-order valence-electron chi connectivity index (χ1n) is 4.97. The molecular formula is C9H10F3N3O2S2. The summed E-state index contributed by atoms with van der Waals surface area (Å²) < 4.78 is 58.1. The lowest BCUT2D eigenvalue weighted by molar-refractivity contribution is -0.141. The van der Waals surface area contributed by atoms with Gasteiger partial charge in [0, 0.05) is 6.26 Å². The lowest BCUT2D eigenvalue weighted by Gasteiger charge is -2.05. The number of alkyl halides is 3. The first kappa shape index (κ1) is 15.7. The summed E-state index contributed by atoms with van der Waals surface area (Å²) in [5.74, 6) is -0.486. The van der Waals surface area contributed by atoms with Gasteiger partial charge in [0.15, 0.2) is 5.69 Å². The number of ether oxygens (including phenoxy) is 1. The molecule has 0 aromatic carbocycles. The number of hydrogen-bond acceptors (Lipinski definition) is 6. The van der Waals surface area contributed by atoms with Gasteiger partial charge in [0.1, 0.15) is 0 Å². The Morgan fingerprint density at radius 2 is 2.21 bits per heavy atom. The fraction of sp³-hybridized carbons (Fsp3) is 0.556. The molecule has 0 saturated carbocycles. The van der Waals surface area contributed by atoms with Gasteiger partial charge in [-0.1, -0.05) is 11.3 Å². The number of thiazole rings is 1. The van der Waals surface area contributed by atoms with Crippen molar-refractivity contribution in [2.24, 2.45) is 4.36 Å². The Kier molecular flexibility index (Phi) is 4.75. The van der Waals surface area contributed by atoms with Crippen molar-refractivity contribution in [3.63, 3.8) is 0 Å². The number of hydrogen-bond donors (Lipinski definition) is 0. The minimum Gasteiger partial charge on any atom is -0.470 e. The van der Waals surface area contributed by atoms with Crippen molar-refractivity contribution in [1.82, 2.24) is 4.98 Å². The van der Waals surface area contributed by atoms with E-state index in [1.807, 2.05) is 0 Å². The molecule has 106 valence electrons. The molecule has 5 nitrogen and oxygen atoms in total. The molecular weight excluding hydrogens is 303 g/mol. The third kappa shape index (κ3) is 4.36. The molecule has 1 heterocycles. The number of nitrogens with zero attached hydrogens (tertiary/aromatic N) is 3. The minimum atomic E-state index is -4.66. The number of rotatable bonds is 4. The van der Waals surface area contributed by atoms with Crippen LogP contribution >= 0.6 is 11.3 Å². The predicted octanol–water partition coefficient (Wildman–Crippen LogP) is 2.64. The van der Waals surface area contributed by atoms with E-state index in [2.05, 4.69) is 9.35 Å². The standard InChI is InChI=1S/C9H10F3N3O2S2/c1-3-17-8-15-7(9(10,11)12)6(18-8)4-19(2,16)14-5-13/h3-4H2,1-2H3. The van der Waals surface area contributed by atoms with Crippen molar-refractivity contribution in [3.05, 3.63) is 10.6 Å². The molecule has 0 N–H and O–H groups in total. The van der Waals surface area contributed by atoms with Crippen molar-refractivity contribution < 1.29 is 22.1 Å². The Morgan fingerprint density at radius 1 is 1.58 bits per heavy atom. The molecule has 0 amide bonds. The van der Waals surface area contributed by atoms with Crippen LogP contribution in [0.2, 0.25) is 0 Å². The van der Waals surface area contributed by atoms with Gasteiger partial charge >= 0.3 is 6.18 Å². The highest BCUT2D eigenvalue weighted by Crippen LogP contribution is 2.38. The Labute approximate surface area is 112 Å². The maximum absolute atomic E-state index is 12.8. The zero-order valence-corrected chi connectivity index (χ0v) is 11.7. The Hall–Kier alpha value is -1.34. The van der Waals surface area contributed by atoms with Crippen LogP contribution in [0.3, 0.4) is 0 Å². The monoisotopic (exact) mass is 313 g/mol. The molecule has 1 rings (SSSR count). The third-order valence-electron chi connectivity index (χ3n) is 1.85. The fourth-order valence-corrected chi connectivity index (χ4v) is 3.73. The Balaban J connectivity index is 3.23. The van der Waals surface area contributed by atoms with E-state index in [0.29, 0.717) is 11.3 Å². The second kappa shape index (κ2) is 5.75. The van der Waals surface area contributed by atoms with Gasteiger partial charge in [-0.2, -0.15) is 23.4 Å². The number of halogens is 3. The van der Waals surface area contributed by atoms with Gasteiger partial charge in [-0.05, 0) is 6.92 Å². The second-order valence-electron chi connectivity index (χ2n) is 3.48. The average molecular weight is 313 g/mol. The molecule has 0 aliphatic rings. The molecule has 1 atom stereocenters. The lowest BCUT2D eigenvalue weighted by atomic mass is 10.4. The van der Waals surface area contributed by atoms with E-state index >= 15 is 0 Å². The van der Waals surface area contributed by atoms with Crippen LogP contribution in [0.25, 0.3) is 0 Å². The molecule has 0 aliphatic carbocycles. The van der Waals surface area contributed by atoms with Crippen LogP contribution in [0.5, 0.6) is 5.19 Å². The lowest BCUT2D eigenvalue weighted by Crippen LogP contribution is -2.11. The van der Waals surface area contributed by atoms with E-state index in [1.54, 1.807) is 6.92 Å². The summed E-state index contributed by atoms with van der Waals surface area (Å²) >= 11 is 0.662. The maximum atomic E-state index is 12.8. The van der Waals surface area contributed by atoms with E-state index < -0.39 is 27.4 Å². The van der Waals surface area contributed by atoms with E-state index in [-0.39, 0.29) is 16.7 Å². The van der Waals surface area contributed by atoms with Crippen molar-refractivity contribution in [2.75, 3.05) is 12.9 Å². The number of nitriles is 1. The quantitative estimate of drug-likeness (QED) is 0.801. The zero-order chi connectivity index (χ0) is 14.7. The van der Waals surface area contributed by atoms with E-state index in [0.717, 1.165) is 6.26 Å². The van der Waals surface area contributed by atoms with E-state index in [1.165, 1.54) is 6.19 Å². The highest BCUT2D eigenvalue weighted by atomic mass is 32.2. The van der Waals surface area contributed by atoms with Crippen LogP contribution in [0, 0.1) is 11.5 Å². The summed E-state index contributed by atoms with van der Waals surface area (Å²) in [6, 6.07) is 0. The fourth-order valence-electron chi connectivity index (χ4n) is 1.20.